The van der Waals surface area contributed by atoms with Crippen molar-refractivity contribution in [2.24, 2.45) is 14.1 Å². The van der Waals surface area contributed by atoms with Crippen LogP contribution in [0.2, 0.25) is 0 Å². The van der Waals surface area contributed by atoms with Crippen LogP contribution in [0.4, 0.5) is 5.69 Å². The Hall–Kier alpha value is -3.01. The van der Waals surface area contributed by atoms with E-state index >= 15 is 0 Å². The Morgan fingerprint density at radius 2 is 1.74 bits per heavy atom. The topological polar surface area (TPSA) is 108 Å². The monoisotopic (exact) mass is 433 g/mol. The number of carbonyl (C=O) groups excluding carboxylic acids is 2. The molecule has 2 heterocycles. The Morgan fingerprint density at radius 3 is 2.33 bits per heavy atom. The summed E-state index contributed by atoms with van der Waals surface area (Å²) in [6.45, 7) is 1.28. The molecule has 0 aliphatic carbocycles. The van der Waals surface area contributed by atoms with Crippen LogP contribution in [0.5, 0.6) is 0 Å². The normalized spacial score (nSPS) is 11.0. The molecule has 1 aromatic carbocycles. The highest BCUT2D eigenvalue weighted by Crippen LogP contribution is 2.18. The first-order valence-corrected chi connectivity index (χ1v) is 8.72. The van der Waals surface area contributed by atoms with Crippen LogP contribution in [0.15, 0.2) is 38.6 Å². The quantitative estimate of drug-likeness (QED) is 0.488. The van der Waals surface area contributed by atoms with Gasteiger partial charge in [-0.3, -0.25) is 28.1 Å². The molecule has 0 aliphatic rings. The van der Waals surface area contributed by atoms with Crippen LogP contribution in [-0.2, 0) is 25.4 Å². The van der Waals surface area contributed by atoms with E-state index in [0.717, 1.165) is 4.57 Å². The predicted molar refractivity (Wildman–Crippen MR) is 103 cm³/mol. The third kappa shape index (κ3) is 3.35. The minimum absolute atomic E-state index is 0.0975. The van der Waals surface area contributed by atoms with E-state index in [4.69, 9.17) is 0 Å². The van der Waals surface area contributed by atoms with E-state index < -0.39 is 11.2 Å². The van der Waals surface area contributed by atoms with Crippen LogP contribution in [0.1, 0.15) is 17.3 Å². The number of hydrogen-bond acceptors (Lipinski definition) is 5. The molecule has 1 amide bonds. The van der Waals surface area contributed by atoms with Crippen molar-refractivity contribution in [2.75, 3.05) is 5.32 Å². The van der Waals surface area contributed by atoms with Crippen LogP contribution in [0, 0.1) is 0 Å². The number of aromatic nitrogens is 4. The van der Waals surface area contributed by atoms with Crippen molar-refractivity contribution in [1.82, 2.24) is 18.7 Å². The molecule has 0 fully saturated rings. The minimum atomic E-state index is -0.528. The summed E-state index contributed by atoms with van der Waals surface area (Å²) in [5.41, 5.74) is 0.331. The third-order valence-electron chi connectivity index (χ3n) is 4.12. The summed E-state index contributed by atoms with van der Waals surface area (Å²) in [6, 6.07) is 6.44. The average Bonchev–Trinajstić information content (AvgIpc) is 2.95. The Kier molecular flexibility index (Phi) is 4.83. The molecule has 0 spiro atoms. The van der Waals surface area contributed by atoms with Gasteiger partial charge in [0.25, 0.3) is 5.56 Å². The van der Waals surface area contributed by atoms with Gasteiger partial charge in [-0.1, -0.05) is 0 Å². The molecular weight excluding hydrogens is 418 g/mol. The Balaban J connectivity index is 2.01. The van der Waals surface area contributed by atoms with Crippen LogP contribution < -0.4 is 16.6 Å². The molecule has 140 valence electrons. The molecule has 0 radical (unpaired) electrons. The van der Waals surface area contributed by atoms with Crippen molar-refractivity contribution < 1.29 is 9.59 Å². The number of amides is 1. The minimum Gasteiger partial charge on any atom is -0.326 e. The van der Waals surface area contributed by atoms with E-state index in [1.54, 1.807) is 24.3 Å². The van der Waals surface area contributed by atoms with Gasteiger partial charge in [-0.25, -0.2) is 9.78 Å². The lowest BCUT2D eigenvalue weighted by Crippen LogP contribution is -2.37. The molecule has 0 atom stereocenters. The van der Waals surface area contributed by atoms with Gasteiger partial charge in [-0.15, -0.1) is 0 Å². The van der Waals surface area contributed by atoms with Gasteiger partial charge in [0.2, 0.25) is 5.91 Å². The van der Waals surface area contributed by atoms with Crippen LogP contribution in [0.3, 0.4) is 0 Å². The lowest BCUT2D eigenvalue weighted by atomic mass is 10.1. The molecular formula is C17H16BrN5O4. The molecule has 0 saturated carbocycles. The summed E-state index contributed by atoms with van der Waals surface area (Å²) in [5.74, 6) is -0.442. The molecule has 1 N–H and O–H groups in total. The zero-order valence-corrected chi connectivity index (χ0v) is 16.4. The second-order valence-corrected chi connectivity index (χ2v) is 6.74. The second-order valence-electron chi connectivity index (χ2n) is 6.03. The van der Waals surface area contributed by atoms with Crippen molar-refractivity contribution in [3.05, 3.63) is 55.4 Å². The lowest BCUT2D eigenvalue weighted by Gasteiger charge is -2.09. The highest BCUT2D eigenvalue weighted by Gasteiger charge is 2.19. The molecule has 0 bridgehead atoms. The maximum atomic E-state index is 12.7. The third-order valence-corrected chi connectivity index (χ3v) is 4.73. The molecule has 0 saturated heterocycles. The van der Waals surface area contributed by atoms with Gasteiger partial charge in [0, 0.05) is 32.3 Å². The summed E-state index contributed by atoms with van der Waals surface area (Å²) in [4.78, 5) is 52.4. The summed E-state index contributed by atoms with van der Waals surface area (Å²) >= 11 is 3.26. The van der Waals surface area contributed by atoms with Gasteiger partial charge < -0.3 is 5.32 Å². The standard InChI is InChI=1S/C17H16BrN5O4/c1-9(24)19-11-6-4-10(5-7-11)12(25)8-23-14-13(20-16(23)18)15(26)22(3)17(27)21(14)2/h4-7H,8H2,1-3H3,(H,19,24). The number of rotatable bonds is 4. The number of aryl methyl sites for hydroxylation is 1. The predicted octanol–water partition coefficient (Wildman–Crippen LogP) is 1.04. The second kappa shape index (κ2) is 6.95. The molecule has 9 nitrogen and oxygen atoms in total. The number of Topliss-reactive ketones (excluding diaryl/α,β-unsaturated/α-hetero) is 1. The fourth-order valence-electron chi connectivity index (χ4n) is 2.78. The summed E-state index contributed by atoms with van der Waals surface area (Å²) in [6.07, 6.45) is 0. The first-order valence-electron chi connectivity index (χ1n) is 7.93. The molecule has 3 rings (SSSR count). The van der Waals surface area contributed by atoms with Gasteiger partial charge in [-0.05, 0) is 40.2 Å². The van der Waals surface area contributed by atoms with E-state index in [9.17, 15) is 19.2 Å². The summed E-state index contributed by atoms with van der Waals surface area (Å²) in [7, 11) is 2.89. The van der Waals surface area contributed by atoms with Gasteiger partial charge in [0.1, 0.15) is 0 Å². The largest absolute Gasteiger partial charge is 0.332 e. The first-order chi connectivity index (χ1) is 12.7. The average molecular weight is 434 g/mol. The number of nitrogens with one attached hydrogen (secondary N) is 1. The Labute approximate surface area is 161 Å². The molecule has 3 aromatic rings. The highest BCUT2D eigenvalue weighted by atomic mass is 79.9. The number of imidazole rings is 1. The van der Waals surface area contributed by atoms with Gasteiger partial charge >= 0.3 is 5.69 Å². The maximum Gasteiger partial charge on any atom is 0.332 e. The first kappa shape index (κ1) is 18.8. The van der Waals surface area contributed by atoms with Crippen molar-refractivity contribution >= 4 is 44.5 Å². The molecule has 27 heavy (non-hydrogen) atoms. The van der Waals surface area contributed by atoms with Crippen molar-refractivity contribution in [1.29, 1.82) is 0 Å². The van der Waals surface area contributed by atoms with Gasteiger partial charge in [0.15, 0.2) is 21.7 Å². The smallest absolute Gasteiger partial charge is 0.326 e. The number of anilines is 1. The summed E-state index contributed by atoms with van der Waals surface area (Å²) < 4.78 is 4.00. The van der Waals surface area contributed by atoms with E-state index in [1.165, 1.54) is 30.2 Å². The summed E-state index contributed by atoms with van der Waals surface area (Å²) in [5, 5.41) is 2.63. The number of nitrogens with zero attached hydrogens (tertiary/aromatic N) is 4. The zero-order chi connectivity index (χ0) is 19.9. The SMILES string of the molecule is CC(=O)Nc1ccc(C(=O)Cn2c(Br)nc3c(=O)n(C)c(=O)n(C)c32)cc1. The molecule has 0 unspecified atom stereocenters. The number of hydrogen-bond donors (Lipinski definition) is 1. The van der Waals surface area contributed by atoms with Crippen LogP contribution >= 0.6 is 15.9 Å². The molecule has 0 aliphatic heterocycles. The van der Waals surface area contributed by atoms with E-state index in [2.05, 4.69) is 26.2 Å². The van der Waals surface area contributed by atoms with Gasteiger partial charge in [-0.2, -0.15) is 0 Å². The number of benzene rings is 1. The number of fused-ring (bicyclic) bond motifs is 1. The Morgan fingerprint density at radius 1 is 1.11 bits per heavy atom. The van der Waals surface area contributed by atoms with Crippen molar-refractivity contribution in [2.45, 2.75) is 13.5 Å². The van der Waals surface area contributed by atoms with Crippen molar-refractivity contribution in [3.8, 4) is 0 Å². The highest BCUT2D eigenvalue weighted by molar-refractivity contribution is 9.10. The zero-order valence-electron chi connectivity index (χ0n) is 14.8. The number of carbonyl (C=O) groups is 2. The van der Waals surface area contributed by atoms with E-state index in [-0.39, 0.29) is 34.1 Å². The van der Waals surface area contributed by atoms with E-state index in [1.807, 2.05) is 0 Å². The number of halogens is 1. The fraction of sp³-hybridized carbons (Fsp3) is 0.235. The van der Waals surface area contributed by atoms with Crippen LogP contribution in [-0.4, -0.2) is 30.4 Å². The van der Waals surface area contributed by atoms with E-state index in [0.29, 0.717) is 11.3 Å². The number of ketones is 1. The van der Waals surface area contributed by atoms with Crippen molar-refractivity contribution in [3.63, 3.8) is 0 Å². The lowest BCUT2D eigenvalue weighted by molar-refractivity contribution is -0.114. The van der Waals surface area contributed by atoms with Gasteiger partial charge in [0.05, 0.1) is 6.54 Å². The van der Waals surface area contributed by atoms with Crippen LogP contribution in [0.25, 0.3) is 11.2 Å². The fourth-order valence-corrected chi connectivity index (χ4v) is 3.25. The Bertz CT molecular complexity index is 1190. The molecule has 2 aromatic heterocycles. The maximum absolute atomic E-state index is 12.7. The molecule has 10 heteroatoms.